The average Bonchev–Trinajstić information content (AvgIpc) is 2.84. The van der Waals surface area contributed by atoms with Crippen LogP contribution in [0.1, 0.15) is 21.0 Å². The van der Waals surface area contributed by atoms with E-state index in [4.69, 9.17) is 14.9 Å². The molecule has 0 amide bonds. The van der Waals surface area contributed by atoms with Gasteiger partial charge in [0.05, 0.1) is 7.11 Å². The number of nitrogens with zero attached hydrogens (tertiary/aromatic N) is 1. The first-order valence-electron chi connectivity index (χ1n) is 5.24. The van der Waals surface area contributed by atoms with Crippen molar-refractivity contribution < 1.29 is 24.5 Å². The van der Waals surface area contributed by atoms with Crippen molar-refractivity contribution in [1.82, 2.24) is 9.97 Å². The van der Waals surface area contributed by atoms with Crippen molar-refractivity contribution in [3.05, 3.63) is 35.7 Å². The summed E-state index contributed by atoms with van der Waals surface area (Å²) in [5.41, 5.74) is -0.396. The standard InChI is InChI=1S/C12H10N2O5/c1-19-7-4-2-6(3-5-7)10-13-8(11(15)16)9(14-10)12(17)18/h2-5H,1H3,(H,13,14)(H,15,16)(H,17,18). The second kappa shape index (κ2) is 4.81. The molecule has 7 heteroatoms. The lowest BCUT2D eigenvalue weighted by Crippen LogP contribution is -2.07. The number of aromatic nitrogens is 2. The molecule has 3 N–H and O–H groups in total. The number of hydrogen-bond donors (Lipinski definition) is 3. The summed E-state index contributed by atoms with van der Waals surface area (Å²) in [7, 11) is 1.52. The van der Waals surface area contributed by atoms with Crippen molar-refractivity contribution in [2.24, 2.45) is 0 Å². The Hall–Kier alpha value is -2.83. The third kappa shape index (κ3) is 2.39. The second-order valence-electron chi connectivity index (χ2n) is 3.65. The van der Waals surface area contributed by atoms with E-state index in [9.17, 15) is 9.59 Å². The van der Waals surface area contributed by atoms with Crippen LogP contribution in [0.15, 0.2) is 24.3 Å². The number of benzene rings is 1. The van der Waals surface area contributed by atoms with Crippen LogP contribution in [-0.2, 0) is 0 Å². The van der Waals surface area contributed by atoms with Crippen LogP contribution in [0, 0.1) is 0 Å². The first-order valence-corrected chi connectivity index (χ1v) is 5.24. The maximum atomic E-state index is 10.9. The summed E-state index contributed by atoms with van der Waals surface area (Å²) in [6.45, 7) is 0. The Bertz CT molecular complexity index is 599. The van der Waals surface area contributed by atoms with Gasteiger partial charge < -0.3 is 19.9 Å². The van der Waals surface area contributed by atoms with Gasteiger partial charge in [0.2, 0.25) is 0 Å². The van der Waals surface area contributed by atoms with E-state index >= 15 is 0 Å². The van der Waals surface area contributed by atoms with E-state index in [1.165, 1.54) is 7.11 Å². The van der Waals surface area contributed by atoms with Crippen molar-refractivity contribution in [3.8, 4) is 17.1 Å². The first kappa shape index (κ1) is 12.6. The number of ether oxygens (including phenoxy) is 1. The number of imidazole rings is 1. The zero-order chi connectivity index (χ0) is 14.0. The van der Waals surface area contributed by atoms with Crippen LogP contribution >= 0.6 is 0 Å². The number of aromatic carboxylic acids is 2. The second-order valence-corrected chi connectivity index (χ2v) is 3.65. The fourth-order valence-electron chi connectivity index (χ4n) is 1.57. The topological polar surface area (TPSA) is 113 Å². The predicted octanol–water partition coefficient (Wildman–Crippen LogP) is 1.48. The molecule has 2 aromatic rings. The molecule has 0 spiro atoms. The highest BCUT2D eigenvalue weighted by Crippen LogP contribution is 2.21. The van der Waals surface area contributed by atoms with Gasteiger partial charge in [0.25, 0.3) is 0 Å². The Kier molecular flexibility index (Phi) is 3.19. The van der Waals surface area contributed by atoms with Crippen LogP contribution in [0.2, 0.25) is 0 Å². The Morgan fingerprint density at radius 2 is 1.79 bits per heavy atom. The molecule has 0 atom stereocenters. The Morgan fingerprint density at radius 3 is 2.21 bits per heavy atom. The van der Waals surface area contributed by atoms with E-state index in [1.54, 1.807) is 24.3 Å². The molecule has 0 saturated heterocycles. The summed E-state index contributed by atoms with van der Waals surface area (Å²) < 4.78 is 4.99. The van der Waals surface area contributed by atoms with Gasteiger partial charge in [0.1, 0.15) is 11.6 Å². The molecule has 0 aliphatic rings. The van der Waals surface area contributed by atoms with Gasteiger partial charge in [-0.15, -0.1) is 0 Å². The molecule has 1 aromatic heterocycles. The minimum absolute atomic E-state index is 0.178. The number of hydrogen-bond acceptors (Lipinski definition) is 4. The quantitative estimate of drug-likeness (QED) is 0.769. The molecule has 19 heavy (non-hydrogen) atoms. The largest absolute Gasteiger partial charge is 0.497 e. The van der Waals surface area contributed by atoms with Crippen molar-refractivity contribution in [2.45, 2.75) is 0 Å². The third-order valence-electron chi connectivity index (χ3n) is 2.48. The van der Waals surface area contributed by atoms with Crippen molar-refractivity contribution in [1.29, 1.82) is 0 Å². The number of aromatic amines is 1. The number of H-pyrrole nitrogens is 1. The van der Waals surface area contributed by atoms with Gasteiger partial charge in [-0.2, -0.15) is 0 Å². The molecule has 0 unspecified atom stereocenters. The summed E-state index contributed by atoms with van der Waals surface area (Å²) in [4.78, 5) is 28.1. The number of carboxylic acid groups (broad SMARTS) is 2. The lowest BCUT2D eigenvalue weighted by atomic mass is 10.2. The fraction of sp³-hybridized carbons (Fsp3) is 0.0833. The lowest BCUT2D eigenvalue weighted by molar-refractivity contribution is 0.0644. The van der Waals surface area contributed by atoms with Crippen molar-refractivity contribution >= 4 is 11.9 Å². The Labute approximate surface area is 107 Å². The van der Waals surface area contributed by atoms with Crippen LogP contribution in [0.4, 0.5) is 0 Å². The minimum atomic E-state index is -1.39. The van der Waals surface area contributed by atoms with E-state index in [-0.39, 0.29) is 5.82 Å². The summed E-state index contributed by atoms with van der Waals surface area (Å²) in [5, 5.41) is 17.8. The minimum Gasteiger partial charge on any atom is -0.497 e. The molecular formula is C12H10N2O5. The number of carbonyl (C=O) groups is 2. The first-order chi connectivity index (χ1) is 9.02. The van der Waals surface area contributed by atoms with Gasteiger partial charge in [0.15, 0.2) is 11.4 Å². The monoisotopic (exact) mass is 262 g/mol. The average molecular weight is 262 g/mol. The highest BCUT2D eigenvalue weighted by molar-refractivity contribution is 5.99. The molecule has 7 nitrogen and oxygen atoms in total. The number of carboxylic acids is 2. The molecule has 0 bridgehead atoms. The van der Waals surface area contributed by atoms with Crippen LogP contribution < -0.4 is 4.74 Å². The van der Waals surface area contributed by atoms with Crippen molar-refractivity contribution in [2.75, 3.05) is 7.11 Å². The van der Waals surface area contributed by atoms with Crippen LogP contribution in [0.5, 0.6) is 5.75 Å². The summed E-state index contributed by atoms with van der Waals surface area (Å²) >= 11 is 0. The maximum absolute atomic E-state index is 10.9. The van der Waals surface area contributed by atoms with Crippen LogP contribution in [0.3, 0.4) is 0 Å². The molecule has 0 radical (unpaired) electrons. The van der Waals surface area contributed by atoms with Gasteiger partial charge in [0, 0.05) is 5.56 Å². The van der Waals surface area contributed by atoms with E-state index < -0.39 is 23.3 Å². The number of nitrogens with one attached hydrogen (secondary N) is 1. The molecule has 0 aliphatic carbocycles. The maximum Gasteiger partial charge on any atom is 0.357 e. The van der Waals surface area contributed by atoms with Gasteiger partial charge in [-0.1, -0.05) is 0 Å². The highest BCUT2D eigenvalue weighted by atomic mass is 16.5. The lowest BCUT2D eigenvalue weighted by Gasteiger charge is -2.00. The molecule has 0 fully saturated rings. The van der Waals surface area contributed by atoms with Gasteiger partial charge >= 0.3 is 11.9 Å². The summed E-state index contributed by atoms with van der Waals surface area (Å²) in [6, 6.07) is 6.63. The van der Waals surface area contributed by atoms with Gasteiger partial charge in [-0.05, 0) is 24.3 Å². The highest BCUT2D eigenvalue weighted by Gasteiger charge is 2.22. The Morgan fingerprint density at radius 1 is 1.16 bits per heavy atom. The normalized spacial score (nSPS) is 10.2. The van der Waals surface area contributed by atoms with Crippen LogP contribution in [0.25, 0.3) is 11.4 Å². The van der Waals surface area contributed by atoms with E-state index in [0.29, 0.717) is 11.3 Å². The zero-order valence-electron chi connectivity index (χ0n) is 9.88. The van der Waals surface area contributed by atoms with Gasteiger partial charge in [-0.25, -0.2) is 14.6 Å². The smallest absolute Gasteiger partial charge is 0.357 e. The molecular weight excluding hydrogens is 252 g/mol. The third-order valence-corrected chi connectivity index (χ3v) is 2.48. The summed E-state index contributed by atoms with van der Waals surface area (Å²) in [6.07, 6.45) is 0. The van der Waals surface area contributed by atoms with Gasteiger partial charge in [-0.3, -0.25) is 0 Å². The predicted molar refractivity (Wildman–Crippen MR) is 64.5 cm³/mol. The SMILES string of the molecule is COc1ccc(-c2nc(C(=O)O)c(C(=O)O)[nH]2)cc1. The zero-order valence-corrected chi connectivity index (χ0v) is 9.88. The number of methoxy groups -OCH3 is 1. The summed E-state index contributed by atoms with van der Waals surface area (Å²) in [5.74, 6) is -1.96. The van der Waals surface area contributed by atoms with E-state index in [1.807, 2.05) is 0 Å². The molecule has 1 heterocycles. The van der Waals surface area contributed by atoms with Crippen molar-refractivity contribution in [3.63, 3.8) is 0 Å². The molecule has 2 rings (SSSR count). The molecule has 0 aliphatic heterocycles. The fourth-order valence-corrected chi connectivity index (χ4v) is 1.57. The Balaban J connectivity index is 2.47. The molecule has 98 valence electrons. The molecule has 1 aromatic carbocycles. The van der Waals surface area contributed by atoms with E-state index in [2.05, 4.69) is 9.97 Å². The number of rotatable bonds is 4. The van der Waals surface area contributed by atoms with Crippen LogP contribution in [-0.4, -0.2) is 39.2 Å². The molecule has 0 saturated carbocycles. The van der Waals surface area contributed by atoms with E-state index in [0.717, 1.165) is 0 Å².